The Kier molecular flexibility index (Phi) is 5.20. The minimum absolute atomic E-state index is 0.0900. The largest absolute Gasteiger partial charge is 0.459 e. The molecule has 0 aromatic heterocycles. The van der Waals surface area contributed by atoms with Gasteiger partial charge in [0.05, 0.1) is 0 Å². The van der Waals surface area contributed by atoms with Crippen LogP contribution in [0, 0.1) is 0 Å². The zero-order chi connectivity index (χ0) is 12.7. The first kappa shape index (κ1) is 13.8. The summed E-state index contributed by atoms with van der Waals surface area (Å²) in [6, 6.07) is 10.2. The van der Waals surface area contributed by atoms with Crippen LogP contribution in [0.25, 0.3) is 0 Å². The smallest absolute Gasteiger partial charge is 0.306 e. The number of hydrogen-bond donors (Lipinski definition) is 0. The molecule has 0 fully saturated rings. The number of ether oxygens (including phenoxy) is 1. The number of esters is 1. The highest BCUT2D eigenvalue weighted by atomic mass is 16.6. The van der Waals surface area contributed by atoms with Gasteiger partial charge in [-0.2, -0.15) is 0 Å². The molecule has 1 aromatic rings. The van der Waals surface area contributed by atoms with Crippen molar-refractivity contribution in [3.05, 3.63) is 35.9 Å². The molecule has 0 saturated carbocycles. The first-order valence-electron chi connectivity index (χ1n) is 6.35. The number of carbonyl (C=O) groups excluding carboxylic acids is 1. The molecule has 2 heteroatoms. The summed E-state index contributed by atoms with van der Waals surface area (Å²) in [5.41, 5.74) is 0.828. The van der Waals surface area contributed by atoms with Gasteiger partial charge in [-0.3, -0.25) is 4.79 Å². The SMILES string of the molecule is CCCC(=O)OC(C)(CC)Cc1ccccc1. The molecule has 0 radical (unpaired) electrons. The molecule has 0 bridgehead atoms. The van der Waals surface area contributed by atoms with E-state index in [1.807, 2.05) is 32.0 Å². The summed E-state index contributed by atoms with van der Waals surface area (Å²) in [6.07, 6.45) is 2.95. The number of hydrogen-bond acceptors (Lipinski definition) is 2. The molecule has 2 nitrogen and oxygen atoms in total. The van der Waals surface area contributed by atoms with Gasteiger partial charge in [0.15, 0.2) is 0 Å². The van der Waals surface area contributed by atoms with Crippen molar-refractivity contribution in [1.82, 2.24) is 0 Å². The van der Waals surface area contributed by atoms with Gasteiger partial charge >= 0.3 is 5.97 Å². The van der Waals surface area contributed by atoms with Crippen molar-refractivity contribution in [1.29, 1.82) is 0 Å². The summed E-state index contributed by atoms with van der Waals surface area (Å²) in [5.74, 6) is -0.0900. The third kappa shape index (κ3) is 4.59. The second-order valence-electron chi connectivity index (χ2n) is 4.69. The van der Waals surface area contributed by atoms with Crippen molar-refractivity contribution in [3.63, 3.8) is 0 Å². The van der Waals surface area contributed by atoms with Crippen molar-refractivity contribution in [2.75, 3.05) is 0 Å². The van der Waals surface area contributed by atoms with Crippen LogP contribution in [-0.4, -0.2) is 11.6 Å². The summed E-state index contributed by atoms with van der Waals surface area (Å²) < 4.78 is 5.59. The van der Waals surface area contributed by atoms with Crippen molar-refractivity contribution in [2.24, 2.45) is 0 Å². The second-order valence-corrected chi connectivity index (χ2v) is 4.69. The third-order valence-electron chi connectivity index (χ3n) is 2.98. The maximum atomic E-state index is 11.6. The van der Waals surface area contributed by atoms with Crippen LogP contribution in [-0.2, 0) is 16.0 Å². The predicted molar refractivity (Wildman–Crippen MR) is 69.8 cm³/mol. The molecule has 1 rings (SSSR count). The molecule has 0 aliphatic heterocycles. The topological polar surface area (TPSA) is 26.3 Å². The first-order chi connectivity index (χ1) is 8.09. The Morgan fingerprint density at radius 2 is 1.88 bits per heavy atom. The Hall–Kier alpha value is -1.31. The Morgan fingerprint density at radius 3 is 2.41 bits per heavy atom. The van der Waals surface area contributed by atoms with Crippen LogP contribution < -0.4 is 0 Å². The van der Waals surface area contributed by atoms with Gasteiger partial charge in [0.1, 0.15) is 5.60 Å². The molecule has 0 saturated heterocycles. The fourth-order valence-electron chi connectivity index (χ4n) is 1.79. The van der Waals surface area contributed by atoms with E-state index >= 15 is 0 Å². The summed E-state index contributed by atoms with van der Waals surface area (Å²) in [4.78, 5) is 11.6. The Bertz CT molecular complexity index is 345. The average Bonchev–Trinajstić information content (AvgIpc) is 2.30. The molecule has 1 unspecified atom stereocenters. The van der Waals surface area contributed by atoms with Crippen molar-refractivity contribution < 1.29 is 9.53 Å². The monoisotopic (exact) mass is 234 g/mol. The minimum atomic E-state index is -0.381. The highest BCUT2D eigenvalue weighted by Crippen LogP contribution is 2.22. The van der Waals surface area contributed by atoms with Gasteiger partial charge in [-0.05, 0) is 25.3 Å². The lowest BCUT2D eigenvalue weighted by molar-refractivity contribution is -0.158. The van der Waals surface area contributed by atoms with E-state index in [2.05, 4.69) is 19.1 Å². The van der Waals surface area contributed by atoms with Crippen LogP contribution in [0.15, 0.2) is 30.3 Å². The Morgan fingerprint density at radius 1 is 1.24 bits per heavy atom. The van der Waals surface area contributed by atoms with E-state index in [-0.39, 0.29) is 11.6 Å². The van der Waals surface area contributed by atoms with Gasteiger partial charge in [-0.1, -0.05) is 44.2 Å². The minimum Gasteiger partial charge on any atom is -0.459 e. The van der Waals surface area contributed by atoms with Crippen LogP contribution in [0.2, 0.25) is 0 Å². The molecular weight excluding hydrogens is 212 g/mol. The van der Waals surface area contributed by atoms with Crippen molar-refractivity contribution in [2.45, 2.75) is 52.1 Å². The molecule has 1 atom stereocenters. The second kappa shape index (κ2) is 6.43. The van der Waals surface area contributed by atoms with Crippen LogP contribution in [0.1, 0.15) is 45.6 Å². The normalized spacial score (nSPS) is 14.1. The summed E-state index contributed by atoms with van der Waals surface area (Å²) in [5, 5.41) is 0. The molecule has 0 N–H and O–H groups in total. The highest BCUT2D eigenvalue weighted by molar-refractivity contribution is 5.69. The lowest BCUT2D eigenvalue weighted by atomic mass is 9.93. The van der Waals surface area contributed by atoms with Crippen LogP contribution >= 0.6 is 0 Å². The van der Waals surface area contributed by atoms with Gasteiger partial charge in [0, 0.05) is 12.8 Å². The number of carbonyl (C=O) groups is 1. The van der Waals surface area contributed by atoms with Gasteiger partial charge < -0.3 is 4.74 Å². The Labute approximate surface area is 104 Å². The average molecular weight is 234 g/mol. The van der Waals surface area contributed by atoms with Gasteiger partial charge in [-0.15, -0.1) is 0 Å². The maximum absolute atomic E-state index is 11.6. The highest BCUT2D eigenvalue weighted by Gasteiger charge is 2.26. The third-order valence-corrected chi connectivity index (χ3v) is 2.98. The van der Waals surface area contributed by atoms with Crippen molar-refractivity contribution in [3.8, 4) is 0 Å². The zero-order valence-electron chi connectivity index (χ0n) is 11.0. The fraction of sp³-hybridized carbons (Fsp3) is 0.533. The summed E-state index contributed by atoms with van der Waals surface area (Å²) >= 11 is 0. The van der Waals surface area contributed by atoms with E-state index in [9.17, 15) is 4.79 Å². The summed E-state index contributed by atoms with van der Waals surface area (Å²) in [7, 11) is 0. The predicted octanol–water partition coefficient (Wildman–Crippen LogP) is 3.74. The standard InChI is InChI=1S/C15H22O2/c1-4-9-14(16)17-15(3,5-2)12-13-10-7-6-8-11-13/h6-8,10-11H,4-5,9,12H2,1-3H3. The van der Waals surface area contributed by atoms with Gasteiger partial charge in [0.2, 0.25) is 0 Å². The summed E-state index contributed by atoms with van der Waals surface area (Å²) in [6.45, 7) is 6.05. The molecule has 0 aliphatic rings. The zero-order valence-corrected chi connectivity index (χ0v) is 11.0. The molecule has 17 heavy (non-hydrogen) atoms. The lowest BCUT2D eigenvalue weighted by Gasteiger charge is -2.28. The van der Waals surface area contributed by atoms with E-state index in [0.717, 1.165) is 19.3 Å². The molecule has 94 valence electrons. The van der Waals surface area contributed by atoms with E-state index in [1.54, 1.807) is 0 Å². The lowest BCUT2D eigenvalue weighted by Crippen LogP contribution is -2.33. The van der Waals surface area contributed by atoms with Crippen LogP contribution in [0.5, 0.6) is 0 Å². The molecule has 0 spiro atoms. The van der Waals surface area contributed by atoms with E-state index in [1.165, 1.54) is 5.56 Å². The van der Waals surface area contributed by atoms with Gasteiger partial charge in [-0.25, -0.2) is 0 Å². The molecule has 0 aliphatic carbocycles. The van der Waals surface area contributed by atoms with Gasteiger partial charge in [0.25, 0.3) is 0 Å². The first-order valence-corrected chi connectivity index (χ1v) is 6.35. The quantitative estimate of drug-likeness (QED) is 0.701. The van der Waals surface area contributed by atoms with Crippen LogP contribution in [0.4, 0.5) is 0 Å². The maximum Gasteiger partial charge on any atom is 0.306 e. The molecular formula is C15H22O2. The molecule has 1 aromatic carbocycles. The molecule has 0 amide bonds. The van der Waals surface area contributed by atoms with Crippen LogP contribution in [0.3, 0.4) is 0 Å². The Balaban J connectivity index is 2.65. The molecule has 0 heterocycles. The van der Waals surface area contributed by atoms with E-state index < -0.39 is 0 Å². The number of benzene rings is 1. The number of rotatable bonds is 6. The van der Waals surface area contributed by atoms with Crippen molar-refractivity contribution >= 4 is 5.97 Å². The van der Waals surface area contributed by atoms with E-state index in [0.29, 0.717) is 6.42 Å². The van der Waals surface area contributed by atoms with E-state index in [4.69, 9.17) is 4.74 Å². The fourth-order valence-corrected chi connectivity index (χ4v) is 1.79.